The molecule has 0 saturated heterocycles. The van der Waals surface area contributed by atoms with E-state index < -0.39 is 0 Å². The van der Waals surface area contributed by atoms with Gasteiger partial charge in [-0.15, -0.1) is 0 Å². The Morgan fingerprint density at radius 3 is 2.86 bits per heavy atom. The number of esters is 1. The maximum absolute atomic E-state index is 11.5. The van der Waals surface area contributed by atoms with Gasteiger partial charge in [0, 0.05) is 29.9 Å². The number of nitrogens with zero attached hydrogens (tertiary/aromatic N) is 2. The van der Waals surface area contributed by atoms with Gasteiger partial charge in [0.15, 0.2) is 5.16 Å². The van der Waals surface area contributed by atoms with Crippen molar-refractivity contribution in [3.05, 3.63) is 36.0 Å². The fraction of sp³-hybridized carbons (Fsp3) is 0.312. The summed E-state index contributed by atoms with van der Waals surface area (Å²) < 4.78 is 5.29. The summed E-state index contributed by atoms with van der Waals surface area (Å²) in [7, 11) is 0. The summed E-state index contributed by atoms with van der Waals surface area (Å²) in [4.78, 5) is 20.3. The van der Waals surface area contributed by atoms with Crippen LogP contribution in [-0.2, 0) is 4.79 Å². The Morgan fingerprint density at radius 1 is 1.32 bits per heavy atom. The molecule has 22 heavy (non-hydrogen) atoms. The lowest BCUT2D eigenvalue weighted by molar-refractivity contribution is -0.134. The molecule has 5 nitrogen and oxygen atoms in total. The highest BCUT2D eigenvalue weighted by molar-refractivity contribution is 7.98. The Hall–Kier alpha value is -2.08. The molecule has 0 aliphatic rings. The summed E-state index contributed by atoms with van der Waals surface area (Å²) in [6, 6.07) is 9.14. The highest BCUT2D eigenvalue weighted by atomic mass is 32.2. The van der Waals surface area contributed by atoms with Crippen LogP contribution in [0, 0.1) is 6.92 Å². The van der Waals surface area contributed by atoms with E-state index in [1.807, 2.05) is 38.3 Å². The molecular weight excluding hydrogens is 298 g/mol. The van der Waals surface area contributed by atoms with Crippen molar-refractivity contribution >= 4 is 29.2 Å². The fourth-order valence-corrected chi connectivity index (χ4v) is 2.29. The third-order valence-electron chi connectivity index (χ3n) is 2.81. The fourth-order valence-electron chi connectivity index (χ4n) is 1.87. The monoisotopic (exact) mass is 317 g/mol. The molecule has 1 heterocycles. The Labute approximate surface area is 134 Å². The summed E-state index contributed by atoms with van der Waals surface area (Å²) in [5.74, 6) is 1.02. The molecule has 1 aromatic heterocycles. The largest absolute Gasteiger partial charge is 0.426 e. The number of carbonyl (C=O) groups excluding carboxylic acids is 1. The first kappa shape index (κ1) is 16.3. The van der Waals surface area contributed by atoms with Gasteiger partial charge in [-0.25, -0.2) is 9.97 Å². The van der Waals surface area contributed by atoms with Crippen LogP contribution in [0.15, 0.2) is 35.5 Å². The number of ether oxygens (including phenoxy) is 1. The first-order chi connectivity index (χ1) is 10.6. The maximum Gasteiger partial charge on any atom is 0.311 e. The van der Waals surface area contributed by atoms with Crippen molar-refractivity contribution in [2.24, 2.45) is 0 Å². The van der Waals surface area contributed by atoms with Crippen molar-refractivity contribution in [2.45, 2.75) is 31.8 Å². The van der Waals surface area contributed by atoms with Gasteiger partial charge in [-0.05, 0) is 31.7 Å². The minimum Gasteiger partial charge on any atom is -0.426 e. The van der Waals surface area contributed by atoms with E-state index in [0.717, 1.165) is 17.8 Å². The zero-order chi connectivity index (χ0) is 15.9. The Balaban J connectivity index is 2.13. The molecule has 0 amide bonds. The van der Waals surface area contributed by atoms with E-state index in [0.29, 0.717) is 23.1 Å². The second-order valence-corrected chi connectivity index (χ2v) is 5.53. The topological polar surface area (TPSA) is 64.1 Å². The van der Waals surface area contributed by atoms with Gasteiger partial charge in [0.05, 0.1) is 0 Å². The third kappa shape index (κ3) is 4.73. The summed E-state index contributed by atoms with van der Waals surface area (Å²) >= 11 is 1.49. The molecule has 0 fully saturated rings. The summed E-state index contributed by atoms with van der Waals surface area (Å²) in [5.41, 5.74) is 1.71. The highest BCUT2D eigenvalue weighted by Crippen LogP contribution is 2.22. The van der Waals surface area contributed by atoms with Crippen LogP contribution < -0.4 is 10.1 Å². The van der Waals surface area contributed by atoms with Crippen LogP contribution in [0.4, 0.5) is 11.5 Å². The van der Waals surface area contributed by atoms with Crippen molar-refractivity contribution in [2.75, 3.05) is 11.6 Å². The minimum absolute atomic E-state index is 0.220. The molecule has 0 bridgehead atoms. The number of benzene rings is 1. The molecule has 2 aromatic rings. The van der Waals surface area contributed by atoms with Crippen LogP contribution in [0.2, 0.25) is 0 Å². The molecule has 0 atom stereocenters. The molecule has 0 unspecified atom stereocenters. The Kier molecular flexibility index (Phi) is 5.77. The first-order valence-electron chi connectivity index (χ1n) is 7.08. The zero-order valence-electron chi connectivity index (χ0n) is 12.9. The van der Waals surface area contributed by atoms with Crippen LogP contribution in [0.5, 0.6) is 5.75 Å². The molecule has 0 aliphatic carbocycles. The van der Waals surface area contributed by atoms with Gasteiger partial charge in [-0.1, -0.05) is 24.8 Å². The second-order valence-electron chi connectivity index (χ2n) is 4.76. The van der Waals surface area contributed by atoms with Crippen molar-refractivity contribution in [3.8, 4) is 5.75 Å². The van der Waals surface area contributed by atoms with E-state index >= 15 is 0 Å². The molecule has 1 aromatic carbocycles. The van der Waals surface area contributed by atoms with Crippen LogP contribution >= 0.6 is 11.8 Å². The van der Waals surface area contributed by atoms with Crippen LogP contribution in [0.25, 0.3) is 0 Å². The third-order valence-corrected chi connectivity index (χ3v) is 3.36. The van der Waals surface area contributed by atoms with Gasteiger partial charge in [0.25, 0.3) is 0 Å². The second kappa shape index (κ2) is 7.79. The summed E-state index contributed by atoms with van der Waals surface area (Å²) in [6.45, 7) is 3.87. The maximum atomic E-state index is 11.5. The predicted molar refractivity (Wildman–Crippen MR) is 88.8 cm³/mol. The van der Waals surface area contributed by atoms with E-state index in [1.165, 1.54) is 11.8 Å². The summed E-state index contributed by atoms with van der Waals surface area (Å²) in [6.07, 6.45) is 3.13. The van der Waals surface area contributed by atoms with E-state index in [4.69, 9.17) is 4.74 Å². The van der Waals surface area contributed by atoms with Gasteiger partial charge >= 0.3 is 5.97 Å². The molecule has 0 saturated carbocycles. The van der Waals surface area contributed by atoms with Crippen molar-refractivity contribution in [3.63, 3.8) is 0 Å². The van der Waals surface area contributed by atoms with E-state index in [1.54, 1.807) is 12.1 Å². The average molecular weight is 317 g/mol. The number of anilines is 2. The lowest BCUT2D eigenvalue weighted by atomic mass is 10.3. The lowest BCUT2D eigenvalue weighted by Crippen LogP contribution is -2.07. The average Bonchev–Trinajstić information content (AvgIpc) is 2.47. The van der Waals surface area contributed by atoms with E-state index in [-0.39, 0.29) is 5.97 Å². The van der Waals surface area contributed by atoms with E-state index in [9.17, 15) is 4.79 Å². The molecule has 0 aliphatic heterocycles. The van der Waals surface area contributed by atoms with Crippen molar-refractivity contribution in [1.29, 1.82) is 0 Å². The number of thioether (sulfide) groups is 1. The number of nitrogens with one attached hydrogen (secondary N) is 1. The normalized spacial score (nSPS) is 10.3. The molecule has 0 spiro atoms. The summed E-state index contributed by atoms with van der Waals surface area (Å²) in [5, 5.41) is 3.93. The SMILES string of the molecule is CCCC(=O)Oc1cccc(Nc2cc(C)nc(SC)n2)c1. The molecule has 1 N–H and O–H groups in total. The molecular formula is C16H19N3O2S. The predicted octanol–water partition coefficient (Wildman–Crippen LogP) is 3.96. The Morgan fingerprint density at radius 2 is 2.14 bits per heavy atom. The van der Waals surface area contributed by atoms with Crippen LogP contribution in [0.3, 0.4) is 0 Å². The number of aryl methyl sites for hydroxylation is 1. The van der Waals surface area contributed by atoms with Gasteiger partial charge < -0.3 is 10.1 Å². The molecule has 6 heteroatoms. The van der Waals surface area contributed by atoms with E-state index in [2.05, 4.69) is 15.3 Å². The van der Waals surface area contributed by atoms with Gasteiger partial charge in [0.1, 0.15) is 11.6 Å². The van der Waals surface area contributed by atoms with Crippen LogP contribution in [0.1, 0.15) is 25.5 Å². The smallest absolute Gasteiger partial charge is 0.311 e. The van der Waals surface area contributed by atoms with Crippen LogP contribution in [-0.4, -0.2) is 22.2 Å². The number of aromatic nitrogens is 2. The minimum atomic E-state index is -0.220. The van der Waals surface area contributed by atoms with Crippen molar-refractivity contribution in [1.82, 2.24) is 9.97 Å². The molecule has 0 radical (unpaired) electrons. The molecule has 2 rings (SSSR count). The number of carbonyl (C=O) groups is 1. The Bertz CT molecular complexity index is 662. The van der Waals surface area contributed by atoms with Crippen molar-refractivity contribution < 1.29 is 9.53 Å². The first-order valence-corrected chi connectivity index (χ1v) is 8.30. The standard InChI is InChI=1S/C16H19N3O2S/c1-4-6-15(20)21-13-8-5-7-12(10-13)18-14-9-11(2)17-16(19-14)22-3/h5,7-10H,4,6H2,1-3H3,(H,17,18,19). The quantitative estimate of drug-likeness (QED) is 0.376. The highest BCUT2D eigenvalue weighted by Gasteiger charge is 2.06. The lowest BCUT2D eigenvalue weighted by Gasteiger charge is -2.09. The number of hydrogen-bond donors (Lipinski definition) is 1. The van der Waals surface area contributed by atoms with Gasteiger partial charge in [-0.2, -0.15) is 0 Å². The number of hydrogen-bond acceptors (Lipinski definition) is 6. The van der Waals surface area contributed by atoms with Gasteiger partial charge in [0.2, 0.25) is 0 Å². The zero-order valence-corrected chi connectivity index (χ0v) is 13.7. The van der Waals surface area contributed by atoms with Gasteiger partial charge in [-0.3, -0.25) is 4.79 Å². The molecule has 116 valence electrons. The number of rotatable bonds is 6.